The van der Waals surface area contributed by atoms with E-state index in [4.69, 9.17) is 32.6 Å². The van der Waals surface area contributed by atoms with Crippen LogP contribution in [-0.2, 0) is 15.9 Å². The van der Waals surface area contributed by atoms with Crippen molar-refractivity contribution < 1.29 is 32.6 Å². The van der Waals surface area contributed by atoms with Crippen LogP contribution in [0.5, 0.6) is 0 Å². The van der Waals surface area contributed by atoms with Gasteiger partial charge in [0.1, 0.15) is 0 Å². The molecule has 0 saturated heterocycles. The third-order valence-corrected chi connectivity index (χ3v) is 0. The molecule has 0 aromatic rings. The first-order chi connectivity index (χ1) is 3.73. The summed E-state index contributed by atoms with van der Waals surface area (Å²) in [6.45, 7) is 0. The Morgan fingerprint density at radius 3 is 1.10 bits per heavy atom. The van der Waals surface area contributed by atoms with E-state index in [1.807, 2.05) is 0 Å². The summed E-state index contributed by atoms with van der Waals surface area (Å²) in [6.07, 6.45) is 0. The van der Waals surface area contributed by atoms with Gasteiger partial charge in [0.05, 0.1) is 0 Å². The summed E-state index contributed by atoms with van der Waals surface area (Å²) < 4.78 is 31.7. The predicted octanol–water partition coefficient (Wildman–Crippen LogP) is -1.90. The van der Waals surface area contributed by atoms with Crippen molar-refractivity contribution in [2.45, 2.75) is 0 Å². The van der Waals surface area contributed by atoms with Crippen molar-refractivity contribution in [2.75, 3.05) is 0 Å². The van der Waals surface area contributed by atoms with Crippen LogP contribution in [0.3, 0.4) is 0 Å². The van der Waals surface area contributed by atoms with Gasteiger partial charge in [-0.3, -0.25) is 9.11 Å². The quantitative estimate of drug-likeness (QED) is 0.177. The van der Waals surface area contributed by atoms with Crippen molar-refractivity contribution in [2.24, 2.45) is 0 Å². The normalized spacial score (nSPS) is 9.40. The molecule has 60 valence electrons. The van der Waals surface area contributed by atoms with Crippen molar-refractivity contribution in [1.82, 2.24) is 0 Å². The fourth-order valence-corrected chi connectivity index (χ4v) is 0. The summed E-state index contributed by atoms with van der Waals surface area (Å²) in [6, 6.07) is 0. The average molecular weight is 204 g/mol. The van der Waals surface area contributed by atoms with Gasteiger partial charge in [0.2, 0.25) is 0 Å². The molecule has 10 heavy (non-hydrogen) atoms. The van der Waals surface area contributed by atoms with Crippen LogP contribution in [0.15, 0.2) is 0 Å². The van der Waals surface area contributed by atoms with Gasteiger partial charge in [-0.05, 0) is 0 Å². The van der Waals surface area contributed by atoms with Crippen LogP contribution in [0, 0.1) is 0 Å². The zero-order valence-electron chi connectivity index (χ0n) is 3.91. The second kappa shape index (κ2) is 8.28. The molecule has 0 aromatic heterocycles. The summed E-state index contributed by atoms with van der Waals surface area (Å²) >= 11 is -2.61. The van der Waals surface area contributed by atoms with E-state index in [9.17, 15) is 0 Å². The van der Waals surface area contributed by atoms with E-state index in [0.29, 0.717) is 0 Å². The van der Waals surface area contributed by atoms with E-state index in [-0.39, 0.29) is 29.6 Å². The summed E-state index contributed by atoms with van der Waals surface area (Å²) in [7, 11) is -4.64. The summed E-state index contributed by atoms with van der Waals surface area (Å²) in [5.74, 6) is 0. The second-order valence-electron chi connectivity index (χ2n) is 0.744. The molecule has 0 amide bonds. The van der Waals surface area contributed by atoms with Gasteiger partial charge in [0.15, 0.2) is 0 Å². The van der Waals surface area contributed by atoms with E-state index in [1.54, 1.807) is 0 Å². The number of hydrogen-bond donors (Lipinski definition) is 5. The van der Waals surface area contributed by atoms with Crippen LogP contribution < -0.4 is 0 Å². The fourth-order valence-electron chi connectivity index (χ4n) is 0. The topological polar surface area (TPSA) is 135 Å². The molecule has 0 aliphatic carbocycles. The molecule has 0 bridgehead atoms. The first-order valence-electron chi connectivity index (χ1n) is 1.31. The minimum atomic E-state index is -4.64. The van der Waals surface area contributed by atoms with Crippen LogP contribution in [-0.4, -0.2) is 57.6 Å². The third-order valence-electron chi connectivity index (χ3n) is 0. The van der Waals surface area contributed by atoms with Gasteiger partial charge in [-0.1, -0.05) is 0 Å². The molecule has 0 radical (unpaired) electrons. The van der Waals surface area contributed by atoms with Crippen LogP contribution in [0.25, 0.3) is 0 Å². The molecule has 0 spiro atoms. The van der Waals surface area contributed by atoms with Gasteiger partial charge in [-0.25, -0.2) is 4.57 Å². The Morgan fingerprint density at radius 1 is 1.10 bits per heavy atom. The van der Waals surface area contributed by atoms with E-state index in [2.05, 4.69) is 0 Å². The number of hydrogen-bond acceptors (Lipinski definition) is 2. The molecule has 0 aromatic carbocycles. The molecule has 10 heteroatoms. The Kier molecular flexibility index (Phi) is 14.3. The van der Waals surface area contributed by atoms with E-state index < -0.39 is 19.2 Å². The molecule has 0 fully saturated rings. The molecule has 0 atom stereocenters. The van der Waals surface area contributed by atoms with Crippen molar-refractivity contribution in [1.29, 1.82) is 0 Å². The molecule has 0 rings (SSSR count). The van der Waals surface area contributed by atoms with Crippen molar-refractivity contribution in [3.05, 3.63) is 0 Å². The van der Waals surface area contributed by atoms with E-state index in [0.717, 1.165) is 0 Å². The molecule has 0 aliphatic rings. The molecule has 0 aliphatic heterocycles. The zero-order chi connectivity index (χ0) is 8.08. The Bertz CT molecular complexity index is 113. The maximum absolute atomic E-state index is 8.88. The summed E-state index contributed by atoms with van der Waals surface area (Å²) in [5.41, 5.74) is 0. The molecular formula is H6NaO7PS. The summed E-state index contributed by atoms with van der Waals surface area (Å²) in [5, 5.41) is 0. The van der Waals surface area contributed by atoms with Crippen molar-refractivity contribution >= 4 is 48.7 Å². The molecular weight excluding hydrogens is 198 g/mol. The maximum atomic E-state index is 8.88. The Labute approximate surface area is 81.1 Å². The van der Waals surface area contributed by atoms with Gasteiger partial charge in [0, 0.05) is 0 Å². The monoisotopic (exact) mass is 204 g/mol. The van der Waals surface area contributed by atoms with E-state index >= 15 is 0 Å². The van der Waals surface area contributed by atoms with Gasteiger partial charge in [-0.2, -0.15) is 4.21 Å². The molecule has 0 heterocycles. The van der Waals surface area contributed by atoms with Crippen molar-refractivity contribution in [3.8, 4) is 0 Å². The van der Waals surface area contributed by atoms with Crippen LogP contribution in [0.1, 0.15) is 0 Å². The van der Waals surface area contributed by atoms with Crippen molar-refractivity contribution in [3.63, 3.8) is 0 Å². The van der Waals surface area contributed by atoms with E-state index in [1.165, 1.54) is 0 Å². The minimum absolute atomic E-state index is 0. The Balaban J connectivity index is -0.0000000910. The fraction of sp³-hybridized carbons (Fsp3) is 0. The van der Waals surface area contributed by atoms with Crippen LogP contribution >= 0.6 is 7.82 Å². The first kappa shape index (κ1) is 17.3. The first-order valence-corrected chi connectivity index (χ1v) is 3.94. The molecule has 5 N–H and O–H groups in total. The molecule has 0 saturated carbocycles. The number of rotatable bonds is 0. The average Bonchev–Trinajstić information content (AvgIpc) is 1.19. The van der Waals surface area contributed by atoms with Crippen LogP contribution in [0.4, 0.5) is 0 Å². The SMILES string of the molecule is O=P(O)(O)O.O=S(O)O.[NaH]. The third kappa shape index (κ3) is 441. The number of phosphoric acid groups is 1. The summed E-state index contributed by atoms with van der Waals surface area (Å²) in [4.78, 5) is 21.6. The standard InChI is InChI=1S/Na.H3O4P.H2O3S.H/c;1-5(2,3)4;1-4(2)3;/h;(H3,1,2,3,4);(H2,1,2,3);. The Hall–Kier alpha value is 1.18. The predicted molar refractivity (Wildman–Crippen MR) is 34.8 cm³/mol. The van der Waals surface area contributed by atoms with Gasteiger partial charge < -0.3 is 14.7 Å². The van der Waals surface area contributed by atoms with Gasteiger partial charge in [0.25, 0.3) is 11.4 Å². The Morgan fingerprint density at radius 2 is 1.10 bits per heavy atom. The van der Waals surface area contributed by atoms with Crippen LogP contribution in [0.2, 0.25) is 0 Å². The molecule has 0 unspecified atom stereocenters. The van der Waals surface area contributed by atoms with Gasteiger partial charge in [-0.15, -0.1) is 0 Å². The second-order valence-corrected chi connectivity index (χ2v) is 2.23. The molecule has 7 nitrogen and oxygen atoms in total. The van der Waals surface area contributed by atoms with Gasteiger partial charge >= 0.3 is 37.4 Å². The zero-order valence-corrected chi connectivity index (χ0v) is 5.62.